The predicted octanol–water partition coefficient (Wildman–Crippen LogP) is 3.39. The van der Waals surface area contributed by atoms with Crippen LogP contribution in [0, 0.1) is 5.92 Å². The quantitative estimate of drug-likeness (QED) is 0.783. The van der Waals surface area contributed by atoms with Crippen LogP contribution >= 0.6 is 0 Å². The Morgan fingerprint density at radius 1 is 1.27 bits per heavy atom. The van der Waals surface area contributed by atoms with E-state index >= 15 is 0 Å². The molecule has 22 heavy (non-hydrogen) atoms. The molecule has 1 aliphatic carbocycles. The fourth-order valence-corrected chi connectivity index (χ4v) is 6.15. The molecule has 0 aromatic heterocycles. The van der Waals surface area contributed by atoms with Crippen LogP contribution in [0.5, 0.6) is 0 Å². The highest BCUT2D eigenvalue weighted by Gasteiger charge is 2.46. The van der Waals surface area contributed by atoms with E-state index < -0.39 is 8.07 Å². The molecule has 1 aromatic carbocycles. The van der Waals surface area contributed by atoms with Gasteiger partial charge in [0.05, 0.1) is 12.2 Å². The normalized spacial score (nSPS) is 30.4. The summed E-state index contributed by atoms with van der Waals surface area (Å²) in [5, 5.41) is 2.90. The number of hydrogen-bond acceptors (Lipinski definition) is 2. The number of benzene rings is 1. The van der Waals surface area contributed by atoms with Gasteiger partial charge in [-0.25, -0.2) is 0 Å². The van der Waals surface area contributed by atoms with E-state index in [9.17, 15) is 4.79 Å². The van der Waals surface area contributed by atoms with Gasteiger partial charge in [-0.2, -0.15) is 0 Å². The average Bonchev–Trinajstić information content (AvgIpc) is 2.84. The van der Waals surface area contributed by atoms with E-state index in [0.29, 0.717) is 13.0 Å². The Balaban J connectivity index is 2.03. The van der Waals surface area contributed by atoms with Gasteiger partial charge >= 0.3 is 0 Å². The summed E-state index contributed by atoms with van der Waals surface area (Å²) in [4.78, 5) is 11.9. The Morgan fingerprint density at radius 2 is 1.95 bits per heavy atom. The zero-order valence-corrected chi connectivity index (χ0v) is 14.8. The Labute approximate surface area is 133 Å². The predicted molar refractivity (Wildman–Crippen MR) is 92.9 cm³/mol. The summed E-state index contributed by atoms with van der Waals surface area (Å²) in [6.45, 7) is 9.81. The molecule has 0 radical (unpaired) electrons. The number of allylic oxidation sites excluding steroid dienone is 2. The van der Waals surface area contributed by atoms with Crippen molar-refractivity contribution in [3.63, 3.8) is 0 Å². The van der Waals surface area contributed by atoms with Crippen molar-refractivity contribution < 1.29 is 9.53 Å². The summed E-state index contributed by atoms with van der Waals surface area (Å²) in [6.07, 6.45) is 4.23. The molecule has 1 aliphatic heterocycles. The van der Waals surface area contributed by atoms with E-state index in [1.165, 1.54) is 16.0 Å². The Kier molecular flexibility index (Phi) is 3.74. The van der Waals surface area contributed by atoms with Crippen LogP contribution < -0.4 is 5.19 Å². The van der Waals surface area contributed by atoms with Gasteiger partial charge in [-0.05, 0) is 31.6 Å². The highest BCUT2D eigenvalue weighted by molar-refractivity contribution is 6.95. The van der Waals surface area contributed by atoms with E-state index in [0.717, 1.165) is 0 Å². The molecule has 0 amide bonds. The molecular formula is C19H24O2Si. The molecule has 2 aliphatic rings. The highest BCUT2D eigenvalue weighted by atomic mass is 28.3. The van der Waals surface area contributed by atoms with Gasteiger partial charge in [0.2, 0.25) is 0 Å². The van der Waals surface area contributed by atoms with Crippen molar-refractivity contribution in [2.45, 2.75) is 39.0 Å². The van der Waals surface area contributed by atoms with Gasteiger partial charge in [0.25, 0.3) is 0 Å². The van der Waals surface area contributed by atoms with Crippen LogP contribution in [-0.4, -0.2) is 26.1 Å². The lowest BCUT2D eigenvalue weighted by Gasteiger charge is -2.32. The first-order valence-corrected chi connectivity index (χ1v) is 11.0. The van der Waals surface area contributed by atoms with Crippen LogP contribution in [0.4, 0.5) is 0 Å². The van der Waals surface area contributed by atoms with E-state index in [2.05, 4.69) is 57.3 Å². The molecule has 1 aromatic rings. The third-order valence-electron chi connectivity index (χ3n) is 5.57. The molecule has 0 saturated carbocycles. The minimum Gasteiger partial charge on any atom is -0.366 e. The van der Waals surface area contributed by atoms with Gasteiger partial charge in [-0.3, -0.25) is 4.79 Å². The molecule has 2 atom stereocenters. The van der Waals surface area contributed by atoms with Gasteiger partial charge in [0.15, 0.2) is 5.78 Å². The second-order valence-electron chi connectivity index (χ2n) is 7.17. The fourth-order valence-electron chi connectivity index (χ4n) is 3.64. The van der Waals surface area contributed by atoms with Gasteiger partial charge in [0, 0.05) is 12.3 Å². The molecule has 1 saturated heterocycles. The number of carbonyl (C=O) groups excluding carboxylic acids is 1. The highest BCUT2D eigenvalue weighted by Crippen LogP contribution is 2.44. The summed E-state index contributed by atoms with van der Waals surface area (Å²) in [6, 6.07) is 10.8. The first-order chi connectivity index (χ1) is 10.3. The van der Waals surface area contributed by atoms with Crippen LogP contribution in [0.1, 0.15) is 20.3 Å². The molecule has 0 bridgehead atoms. The molecule has 0 N–H and O–H groups in total. The zero-order valence-electron chi connectivity index (χ0n) is 13.8. The maximum Gasteiger partial charge on any atom is 0.156 e. The summed E-state index contributed by atoms with van der Waals surface area (Å²) in [5.41, 5.74) is 1.06. The van der Waals surface area contributed by atoms with Crippen LogP contribution in [0.2, 0.25) is 13.1 Å². The monoisotopic (exact) mass is 312 g/mol. The smallest absolute Gasteiger partial charge is 0.156 e. The van der Waals surface area contributed by atoms with Gasteiger partial charge in [0.1, 0.15) is 8.07 Å². The summed E-state index contributed by atoms with van der Waals surface area (Å²) in [7, 11) is -1.71. The third kappa shape index (κ3) is 2.42. The molecule has 116 valence electrons. The molecule has 0 unspecified atom stereocenters. The lowest BCUT2D eigenvalue weighted by molar-refractivity contribution is -0.117. The minimum absolute atomic E-state index is 0.209. The molecule has 1 fully saturated rings. The van der Waals surface area contributed by atoms with E-state index in [1.54, 1.807) is 6.08 Å². The fraction of sp³-hybridized carbons (Fsp3) is 0.421. The first-order valence-electron chi connectivity index (χ1n) is 7.96. The van der Waals surface area contributed by atoms with Crippen LogP contribution in [0.25, 0.3) is 0 Å². The topological polar surface area (TPSA) is 26.3 Å². The third-order valence-corrected chi connectivity index (χ3v) is 9.54. The molecule has 3 heteroatoms. The molecule has 0 spiro atoms. The second-order valence-corrected chi connectivity index (χ2v) is 11.7. The van der Waals surface area contributed by atoms with Crippen molar-refractivity contribution in [2.75, 3.05) is 6.61 Å². The zero-order chi connectivity index (χ0) is 16.0. The van der Waals surface area contributed by atoms with Crippen molar-refractivity contribution >= 4 is 19.0 Å². The SMILES string of the molecule is C/C(=C1\CO[C@@]2(C)C=CC(=O)C[C@@H]12)[Si](C)(C)c1ccccc1. The second kappa shape index (κ2) is 5.32. The Morgan fingerprint density at radius 3 is 2.64 bits per heavy atom. The van der Waals surface area contributed by atoms with Gasteiger partial charge in [-0.15, -0.1) is 0 Å². The number of ether oxygens (including phenoxy) is 1. The average molecular weight is 312 g/mol. The van der Waals surface area contributed by atoms with Crippen LogP contribution in [-0.2, 0) is 9.53 Å². The van der Waals surface area contributed by atoms with Gasteiger partial charge < -0.3 is 4.74 Å². The summed E-state index contributed by atoms with van der Waals surface area (Å²) < 4.78 is 6.08. The van der Waals surface area contributed by atoms with Crippen LogP contribution in [0.15, 0.2) is 53.3 Å². The number of fused-ring (bicyclic) bond motifs is 1. The molecule has 3 rings (SSSR count). The number of carbonyl (C=O) groups is 1. The number of rotatable bonds is 2. The Bertz CT molecular complexity index is 657. The van der Waals surface area contributed by atoms with E-state index in [-0.39, 0.29) is 17.3 Å². The lowest BCUT2D eigenvalue weighted by atomic mass is 9.78. The lowest BCUT2D eigenvalue weighted by Crippen LogP contribution is -2.44. The van der Waals surface area contributed by atoms with E-state index in [1.807, 2.05) is 6.08 Å². The first kappa shape index (κ1) is 15.4. The summed E-state index contributed by atoms with van der Waals surface area (Å²) >= 11 is 0. The van der Waals surface area contributed by atoms with Crippen molar-refractivity contribution in [3.8, 4) is 0 Å². The van der Waals surface area contributed by atoms with Gasteiger partial charge in [-0.1, -0.05) is 53.8 Å². The van der Waals surface area contributed by atoms with Crippen molar-refractivity contribution in [1.29, 1.82) is 0 Å². The summed E-state index contributed by atoms with van der Waals surface area (Å²) in [5.74, 6) is 0.429. The van der Waals surface area contributed by atoms with E-state index in [4.69, 9.17) is 4.74 Å². The largest absolute Gasteiger partial charge is 0.366 e. The van der Waals surface area contributed by atoms with Crippen molar-refractivity contribution in [2.24, 2.45) is 5.92 Å². The van der Waals surface area contributed by atoms with Crippen LogP contribution in [0.3, 0.4) is 0 Å². The maximum atomic E-state index is 11.9. The Hall–Kier alpha value is -1.45. The molecular weight excluding hydrogens is 288 g/mol. The standard InChI is InChI=1S/C19H24O2Si/c1-14(22(3,4)16-8-6-5-7-9-16)17-13-21-19(2)11-10-15(20)12-18(17)19/h5-11,18H,12-13H2,1-4H3/b17-14-/t18-,19-/m0/s1. The molecule has 2 nitrogen and oxygen atoms in total. The number of ketones is 1. The van der Waals surface area contributed by atoms with Crippen molar-refractivity contribution in [1.82, 2.24) is 0 Å². The number of hydrogen-bond donors (Lipinski definition) is 0. The maximum absolute atomic E-state index is 11.9. The minimum atomic E-state index is -1.71. The molecule has 1 heterocycles. The van der Waals surface area contributed by atoms with Crippen molar-refractivity contribution in [3.05, 3.63) is 53.3 Å².